The number of aliphatic hydroxyl groups excluding tert-OH is 2. The molecule has 0 heterocycles. The first-order valence-corrected chi connectivity index (χ1v) is 19.4. The number of hydrogen-bond acceptors (Lipinski definition) is 4. The average Bonchev–Trinajstić information content (AvgIpc) is 3.46. The molecule has 16 atom stereocenters. The summed E-state index contributed by atoms with van der Waals surface area (Å²) in [6.07, 6.45) is 19.8. The van der Waals surface area contributed by atoms with Crippen LogP contribution >= 0.6 is 0 Å². The molecule has 0 amide bonds. The van der Waals surface area contributed by atoms with Crippen LogP contribution in [0, 0.1) is 80.8 Å². The molecule has 0 aromatic heterocycles. The highest BCUT2D eigenvalue weighted by molar-refractivity contribution is 5.91. The fourth-order valence-electron chi connectivity index (χ4n) is 15.2. The second-order valence-electron chi connectivity index (χ2n) is 19.4. The summed E-state index contributed by atoms with van der Waals surface area (Å²) in [4.78, 5) is 0. The molecule has 44 heavy (non-hydrogen) atoms. The van der Waals surface area contributed by atoms with Gasteiger partial charge >= 0.3 is 0 Å². The van der Waals surface area contributed by atoms with Crippen LogP contribution in [-0.2, 0) is 0 Å². The number of aliphatic hydroxyl groups is 2. The van der Waals surface area contributed by atoms with E-state index in [2.05, 4.69) is 41.5 Å². The first kappa shape index (κ1) is 30.6. The average molecular weight is 605 g/mol. The minimum atomic E-state index is -0.0722. The van der Waals surface area contributed by atoms with Crippen LogP contribution in [0.3, 0.4) is 0 Å². The number of nitrogens with zero attached hydrogens (tertiary/aromatic N) is 2. The van der Waals surface area contributed by atoms with Crippen molar-refractivity contribution < 1.29 is 10.2 Å². The van der Waals surface area contributed by atoms with Gasteiger partial charge in [-0.25, -0.2) is 0 Å². The molecule has 8 aliphatic carbocycles. The molecule has 0 radical (unpaired) electrons. The fourth-order valence-corrected chi connectivity index (χ4v) is 15.2. The summed E-state index contributed by atoms with van der Waals surface area (Å²) in [5, 5.41) is 32.1. The van der Waals surface area contributed by atoms with E-state index < -0.39 is 0 Å². The standard InChI is InChI=1S/C40H64N2O2/c1-23-21-39(5)25(7-9-27-29-11-13-35(43)37(29,3)17-15-31(27)39)19-33(23)41-42-34-20-26-8-10-28-30-12-14-36(44)38(30,4)18-16-32(28)40(26,6)22-24(34)2/h23-32,35-36,43-44H,7-22H2,1-6H3/b41-33-,42-34-/t23-,24-,25+,26+,27+,28+,29+,30+,31+,32+,35+,36+,37+,38+,39+,40+/m1/s1. The van der Waals surface area contributed by atoms with Gasteiger partial charge < -0.3 is 10.2 Å². The quantitative estimate of drug-likeness (QED) is 0.293. The van der Waals surface area contributed by atoms with Crippen molar-refractivity contribution >= 4 is 11.4 Å². The van der Waals surface area contributed by atoms with Crippen molar-refractivity contribution in [1.29, 1.82) is 0 Å². The zero-order valence-electron chi connectivity index (χ0n) is 29.0. The molecule has 0 aromatic rings. The summed E-state index contributed by atoms with van der Waals surface area (Å²) in [5.74, 6) is 7.34. The fraction of sp³-hybridized carbons (Fsp3) is 0.950. The Bertz CT molecular complexity index is 1120. The first-order chi connectivity index (χ1) is 20.9. The minimum absolute atomic E-state index is 0.0722. The van der Waals surface area contributed by atoms with E-state index in [1.807, 2.05) is 0 Å². The van der Waals surface area contributed by atoms with Gasteiger partial charge in [0.25, 0.3) is 0 Å². The van der Waals surface area contributed by atoms with Crippen LogP contribution in [0.15, 0.2) is 10.2 Å². The van der Waals surface area contributed by atoms with Gasteiger partial charge in [-0.3, -0.25) is 0 Å². The highest BCUT2D eigenvalue weighted by Gasteiger charge is 2.62. The lowest BCUT2D eigenvalue weighted by Crippen LogP contribution is -2.55. The third-order valence-electron chi connectivity index (χ3n) is 17.9. The molecule has 4 nitrogen and oxygen atoms in total. The smallest absolute Gasteiger partial charge is 0.0596 e. The van der Waals surface area contributed by atoms with E-state index in [-0.39, 0.29) is 23.0 Å². The monoisotopic (exact) mass is 604 g/mol. The predicted molar refractivity (Wildman–Crippen MR) is 179 cm³/mol. The molecule has 4 heteroatoms. The van der Waals surface area contributed by atoms with E-state index >= 15 is 0 Å². The molecule has 0 spiro atoms. The Kier molecular flexibility index (Phi) is 7.21. The lowest BCUT2D eigenvalue weighted by Gasteiger charge is -2.61. The zero-order chi connectivity index (χ0) is 30.8. The molecule has 0 bridgehead atoms. The summed E-state index contributed by atoms with van der Waals surface area (Å²) in [6.45, 7) is 15.1. The van der Waals surface area contributed by atoms with E-state index in [1.54, 1.807) is 0 Å². The van der Waals surface area contributed by atoms with E-state index in [1.165, 1.54) is 88.5 Å². The highest BCUT2D eigenvalue weighted by atomic mass is 16.3. The van der Waals surface area contributed by atoms with Gasteiger partial charge in [-0.05, 0) is 184 Å². The van der Waals surface area contributed by atoms with E-state index in [0.29, 0.717) is 22.7 Å². The lowest BCUT2D eigenvalue weighted by molar-refractivity contribution is -0.116. The van der Waals surface area contributed by atoms with Crippen LogP contribution < -0.4 is 0 Å². The van der Waals surface area contributed by atoms with E-state index in [0.717, 1.165) is 73.0 Å². The summed E-state index contributed by atoms with van der Waals surface area (Å²) in [7, 11) is 0. The molecule has 0 saturated heterocycles. The van der Waals surface area contributed by atoms with Crippen molar-refractivity contribution in [2.45, 2.75) is 156 Å². The second kappa shape index (κ2) is 10.4. The van der Waals surface area contributed by atoms with Crippen LogP contribution in [-0.4, -0.2) is 33.8 Å². The molecule has 8 rings (SSSR count). The number of fused-ring (bicyclic) bond motifs is 10. The van der Waals surface area contributed by atoms with E-state index in [4.69, 9.17) is 10.2 Å². The van der Waals surface area contributed by atoms with Gasteiger partial charge in [-0.15, -0.1) is 0 Å². The zero-order valence-corrected chi connectivity index (χ0v) is 29.0. The predicted octanol–water partition coefficient (Wildman–Crippen LogP) is 9.08. The Labute approximate surface area is 268 Å². The normalized spacial score (nSPS) is 60.2. The number of hydrogen-bond donors (Lipinski definition) is 2. The van der Waals surface area contributed by atoms with Crippen LogP contribution in [0.2, 0.25) is 0 Å². The van der Waals surface area contributed by atoms with Crippen LogP contribution in [0.5, 0.6) is 0 Å². The number of rotatable bonds is 1. The van der Waals surface area contributed by atoms with Crippen molar-refractivity contribution in [2.75, 3.05) is 0 Å². The summed E-state index contributed by atoms with van der Waals surface area (Å²) in [6, 6.07) is 0. The molecular weight excluding hydrogens is 540 g/mol. The van der Waals surface area contributed by atoms with Crippen molar-refractivity contribution in [3.63, 3.8) is 0 Å². The Hall–Kier alpha value is -0.740. The third kappa shape index (κ3) is 4.20. The summed E-state index contributed by atoms with van der Waals surface area (Å²) >= 11 is 0. The molecule has 0 aromatic carbocycles. The minimum Gasteiger partial charge on any atom is -0.393 e. The molecular formula is C40H64N2O2. The molecule has 0 unspecified atom stereocenters. The van der Waals surface area contributed by atoms with Gasteiger partial charge in [0.1, 0.15) is 0 Å². The summed E-state index contributed by atoms with van der Waals surface area (Å²) < 4.78 is 0. The molecule has 0 aliphatic heterocycles. The Balaban J connectivity index is 0.970. The third-order valence-corrected chi connectivity index (χ3v) is 17.9. The molecule has 8 fully saturated rings. The highest BCUT2D eigenvalue weighted by Crippen LogP contribution is 2.68. The molecule has 8 saturated carbocycles. The Morgan fingerprint density at radius 1 is 0.500 bits per heavy atom. The maximum atomic E-state index is 10.9. The first-order valence-electron chi connectivity index (χ1n) is 19.4. The SMILES string of the molecule is C[C@@H]1C[C@@]2(C)[C@@H](CC[C@@H]3[C@@H]2CC[C@]2(C)[C@@H](O)CC[C@@H]32)C/C1=N/N=C1/C[C@@H]2CC[C@@H]3[C@H](CC[C@]4(C)[C@@H](O)CC[C@@H]34)[C@@]2(C)C[C@H]1C. The molecule has 8 aliphatic rings. The van der Waals surface area contributed by atoms with E-state index in [9.17, 15) is 10.2 Å². The maximum Gasteiger partial charge on any atom is 0.0596 e. The van der Waals surface area contributed by atoms with Crippen molar-refractivity contribution in [3.05, 3.63) is 0 Å². The Morgan fingerprint density at radius 3 is 1.30 bits per heavy atom. The van der Waals surface area contributed by atoms with Gasteiger partial charge in [0.05, 0.1) is 12.2 Å². The van der Waals surface area contributed by atoms with Gasteiger partial charge in [-0.2, -0.15) is 10.2 Å². The van der Waals surface area contributed by atoms with Crippen LogP contribution in [0.1, 0.15) is 144 Å². The van der Waals surface area contributed by atoms with Gasteiger partial charge in [0.2, 0.25) is 0 Å². The van der Waals surface area contributed by atoms with Crippen molar-refractivity contribution in [1.82, 2.24) is 0 Å². The summed E-state index contributed by atoms with van der Waals surface area (Å²) in [5.41, 5.74) is 3.99. The second-order valence-corrected chi connectivity index (χ2v) is 19.4. The van der Waals surface area contributed by atoms with Crippen molar-refractivity contribution in [3.8, 4) is 0 Å². The Morgan fingerprint density at radius 2 is 0.886 bits per heavy atom. The van der Waals surface area contributed by atoms with Crippen molar-refractivity contribution in [2.24, 2.45) is 91.0 Å². The van der Waals surface area contributed by atoms with Crippen LogP contribution in [0.4, 0.5) is 0 Å². The maximum absolute atomic E-state index is 10.9. The topological polar surface area (TPSA) is 65.2 Å². The van der Waals surface area contributed by atoms with Crippen LogP contribution in [0.25, 0.3) is 0 Å². The van der Waals surface area contributed by atoms with Gasteiger partial charge in [0, 0.05) is 11.4 Å². The molecule has 2 N–H and O–H groups in total. The lowest BCUT2D eigenvalue weighted by atomic mass is 9.44. The van der Waals surface area contributed by atoms with Gasteiger partial charge in [0.15, 0.2) is 0 Å². The molecule has 246 valence electrons. The van der Waals surface area contributed by atoms with Gasteiger partial charge in [-0.1, -0.05) is 41.5 Å². The largest absolute Gasteiger partial charge is 0.393 e.